The number of ether oxygens (including phenoxy) is 1. The van der Waals surface area contributed by atoms with Crippen LogP contribution in [-0.2, 0) is 4.74 Å². The van der Waals surface area contributed by atoms with Gasteiger partial charge >= 0.3 is 0 Å². The van der Waals surface area contributed by atoms with Crippen LogP contribution in [0.5, 0.6) is 0 Å². The van der Waals surface area contributed by atoms with E-state index in [0.29, 0.717) is 6.10 Å². The highest BCUT2D eigenvalue weighted by Gasteiger charge is 2.11. The van der Waals surface area contributed by atoms with Crippen LogP contribution in [0.1, 0.15) is 124 Å². The van der Waals surface area contributed by atoms with Crippen LogP contribution in [0.2, 0.25) is 0 Å². The summed E-state index contributed by atoms with van der Waals surface area (Å²) in [5.41, 5.74) is 0. The molecule has 1 nitrogen and oxygen atoms in total. The lowest BCUT2D eigenvalue weighted by molar-refractivity contribution is 0.0368. The van der Waals surface area contributed by atoms with Gasteiger partial charge in [-0.05, 0) is 38.0 Å². The van der Waals surface area contributed by atoms with Gasteiger partial charge in [0.05, 0.1) is 6.10 Å². The zero-order valence-corrected chi connectivity index (χ0v) is 20.0. The molecule has 3 unspecified atom stereocenters. The largest absolute Gasteiger partial charge is 0.378 e. The monoisotopic (exact) mass is 466 g/mol. The Balaban J connectivity index is 3.83. The Hall–Kier alpha value is 0.690. The quantitative estimate of drug-likeness (QED) is 0.105. The van der Waals surface area contributed by atoms with Gasteiger partial charge < -0.3 is 4.74 Å². The first-order valence-electron chi connectivity index (χ1n) is 11.4. The molecule has 0 radical (unpaired) electrons. The average Bonchev–Trinajstić information content (AvgIpc) is 2.59. The van der Waals surface area contributed by atoms with Gasteiger partial charge in [-0.1, -0.05) is 114 Å². The molecular formula is C23H47IO. The third kappa shape index (κ3) is 16.6. The van der Waals surface area contributed by atoms with E-state index in [1.54, 1.807) is 0 Å². The first kappa shape index (κ1) is 25.7. The van der Waals surface area contributed by atoms with E-state index in [1.807, 2.05) is 0 Å². The Bertz CT molecular complexity index is 256. The van der Waals surface area contributed by atoms with Gasteiger partial charge in [0, 0.05) is 10.5 Å². The van der Waals surface area contributed by atoms with Crippen molar-refractivity contribution in [3.63, 3.8) is 0 Å². The summed E-state index contributed by atoms with van der Waals surface area (Å²) in [6.45, 7) is 10.2. The summed E-state index contributed by atoms with van der Waals surface area (Å²) in [6, 6.07) is 0. The van der Waals surface area contributed by atoms with Gasteiger partial charge in [-0.2, -0.15) is 0 Å². The van der Waals surface area contributed by atoms with Crippen LogP contribution in [0, 0.1) is 5.92 Å². The molecule has 0 aromatic heterocycles. The van der Waals surface area contributed by atoms with E-state index in [2.05, 4.69) is 50.3 Å². The second-order valence-electron chi connectivity index (χ2n) is 7.89. The standard InChI is InChI=1S/C23H47IO/c1-5-9-19-23(15-8-4)25-20-11-10-16-21(13-6-2)17-12-18-22(24)14-7-3/h21-23H,5-20H2,1-4H3. The number of unbranched alkanes of at least 4 members (excludes halogenated alkanes) is 2. The van der Waals surface area contributed by atoms with E-state index >= 15 is 0 Å². The molecule has 0 rings (SSSR count). The lowest BCUT2D eigenvalue weighted by atomic mass is 9.91. The SMILES string of the molecule is CCCCC(CCC)OCCCCC(CCC)CCCC(I)CCC. The fraction of sp³-hybridized carbons (Fsp3) is 1.00. The fourth-order valence-electron chi connectivity index (χ4n) is 3.78. The van der Waals surface area contributed by atoms with Crippen LogP contribution >= 0.6 is 22.6 Å². The summed E-state index contributed by atoms with van der Waals surface area (Å²) in [4.78, 5) is 0. The fourth-order valence-corrected chi connectivity index (χ4v) is 4.84. The number of rotatable bonds is 19. The molecule has 0 amide bonds. The highest BCUT2D eigenvalue weighted by atomic mass is 127. The Morgan fingerprint density at radius 1 is 0.600 bits per heavy atom. The maximum Gasteiger partial charge on any atom is 0.0575 e. The smallest absolute Gasteiger partial charge is 0.0575 e. The third-order valence-electron chi connectivity index (χ3n) is 5.28. The average molecular weight is 467 g/mol. The minimum absolute atomic E-state index is 0.524. The second kappa shape index (κ2) is 19.5. The molecule has 0 spiro atoms. The molecule has 3 atom stereocenters. The van der Waals surface area contributed by atoms with Crippen molar-refractivity contribution < 1.29 is 4.74 Å². The maximum atomic E-state index is 6.16. The van der Waals surface area contributed by atoms with Gasteiger partial charge in [-0.3, -0.25) is 0 Å². The molecule has 0 aliphatic carbocycles. The van der Waals surface area contributed by atoms with E-state index in [-0.39, 0.29) is 0 Å². The molecule has 0 N–H and O–H groups in total. The Kier molecular flexibility index (Phi) is 20.0. The second-order valence-corrected chi connectivity index (χ2v) is 9.65. The van der Waals surface area contributed by atoms with E-state index < -0.39 is 0 Å². The molecule has 152 valence electrons. The topological polar surface area (TPSA) is 9.23 Å². The van der Waals surface area contributed by atoms with Crippen LogP contribution in [0.25, 0.3) is 0 Å². The summed E-state index contributed by atoms with van der Waals surface area (Å²) in [6.07, 6.45) is 20.8. The van der Waals surface area contributed by atoms with Gasteiger partial charge in [0.1, 0.15) is 0 Å². The van der Waals surface area contributed by atoms with Crippen molar-refractivity contribution in [3.05, 3.63) is 0 Å². The molecule has 0 aromatic carbocycles. The summed E-state index contributed by atoms with van der Waals surface area (Å²) < 4.78 is 7.06. The van der Waals surface area contributed by atoms with Crippen LogP contribution in [0.15, 0.2) is 0 Å². The minimum atomic E-state index is 0.524. The van der Waals surface area contributed by atoms with Crippen molar-refractivity contribution in [2.75, 3.05) is 6.61 Å². The maximum absolute atomic E-state index is 6.16. The highest BCUT2D eigenvalue weighted by Crippen LogP contribution is 2.24. The van der Waals surface area contributed by atoms with Crippen molar-refractivity contribution >= 4 is 22.6 Å². The normalized spacial score (nSPS) is 15.2. The first-order valence-corrected chi connectivity index (χ1v) is 12.7. The minimum Gasteiger partial charge on any atom is -0.378 e. The molecule has 0 fully saturated rings. The molecule has 0 heterocycles. The zero-order valence-electron chi connectivity index (χ0n) is 17.8. The summed E-state index contributed by atoms with van der Waals surface area (Å²) >= 11 is 2.65. The predicted molar refractivity (Wildman–Crippen MR) is 123 cm³/mol. The van der Waals surface area contributed by atoms with Crippen LogP contribution < -0.4 is 0 Å². The predicted octanol–water partition coefficient (Wildman–Crippen LogP) is 8.72. The lowest BCUT2D eigenvalue weighted by Gasteiger charge is -2.19. The number of alkyl halides is 1. The third-order valence-corrected chi connectivity index (χ3v) is 6.52. The Labute approximate surface area is 173 Å². The van der Waals surface area contributed by atoms with Gasteiger partial charge in [-0.25, -0.2) is 0 Å². The molecule has 0 saturated carbocycles. The van der Waals surface area contributed by atoms with Crippen molar-refractivity contribution in [3.8, 4) is 0 Å². The summed E-state index contributed by atoms with van der Waals surface area (Å²) in [5.74, 6) is 0.960. The van der Waals surface area contributed by atoms with Gasteiger partial charge in [0.2, 0.25) is 0 Å². The molecule has 0 bridgehead atoms. The molecule has 0 saturated heterocycles. The van der Waals surface area contributed by atoms with Crippen LogP contribution in [0.3, 0.4) is 0 Å². The van der Waals surface area contributed by atoms with Gasteiger partial charge in [0.15, 0.2) is 0 Å². The van der Waals surface area contributed by atoms with Gasteiger partial charge in [-0.15, -0.1) is 0 Å². The van der Waals surface area contributed by atoms with Crippen molar-refractivity contribution in [2.45, 2.75) is 134 Å². The Morgan fingerprint density at radius 2 is 1.28 bits per heavy atom. The summed E-state index contributed by atoms with van der Waals surface area (Å²) in [5, 5.41) is 0. The van der Waals surface area contributed by atoms with Crippen LogP contribution in [-0.4, -0.2) is 16.6 Å². The lowest BCUT2D eigenvalue weighted by Crippen LogP contribution is -2.13. The molecule has 0 aliphatic rings. The molecule has 2 heteroatoms. The van der Waals surface area contributed by atoms with Crippen molar-refractivity contribution in [1.29, 1.82) is 0 Å². The molecule has 0 aliphatic heterocycles. The molecule has 0 aromatic rings. The highest BCUT2D eigenvalue weighted by molar-refractivity contribution is 14.1. The van der Waals surface area contributed by atoms with E-state index in [1.165, 1.54) is 96.3 Å². The first-order chi connectivity index (χ1) is 12.2. The molecular weight excluding hydrogens is 419 g/mol. The van der Waals surface area contributed by atoms with E-state index in [4.69, 9.17) is 4.74 Å². The zero-order chi connectivity index (χ0) is 18.8. The van der Waals surface area contributed by atoms with Crippen molar-refractivity contribution in [2.24, 2.45) is 5.92 Å². The van der Waals surface area contributed by atoms with Gasteiger partial charge in [0.25, 0.3) is 0 Å². The van der Waals surface area contributed by atoms with E-state index in [9.17, 15) is 0 Å². The van der Waals surface area contributed by atoms with Crippen LogP contribution in [0.4, 0.5) is 0 Å². The number of halogens is 1. The molecule has 25 heavy (non-hydrogen) atoms. The summed E-state index contributed by atoms with van der Waals surface area (Å²) in [7, 11) is 0. The van der Waals surface area contributed by atoms with E-state index in [0.717, 1.165) is 16.4 Å². The van der Waals surface area contributed by atoms with Crippen molar-refractivity contribution in [1.82, 2.24) is 0 Å². The number of hydrogen-bond donors (Lipinski definition) is 0. The Morgan fingerprint density at radius 3 is 1.92 bits per heavy atom. The number of hydrogen-bond acceptors (Lipinski definition) is 1.